The predicted molar refractivity (Wildman–Crippen MR) is 99.1 cm³/mol. The van der Waals surface area contributed by atoms with Crippen molar-refractivity contribution in [3.05, 3.63) is 70.4 Å². The smallest absolute Gasteiger partial charge is 0.290 e. The van der Waals surface area contributed by atoms with Gasteiger partial charge < -0.3 is 4.74 Å². The number of fused-ring (bicyclic) bond motifs is 1. The van der Waals surface area contributed by atoms with E-state index in [1.165, 1.54) is 32.2 Å². The minimum Gasteiger partial charge on any atom is -0.478 e. The van der Waals surface area contributed by atoms with E-state index in [1.807, 2.05) is 0 Å². The van der Waals surface area contributed by atoms with Gasteiger partial charge in [-0.25, -0.2) is 9.07 Å². The largest absolute Gasteiger partial charge is 0.478 e. The quantitative estimate of drug-likeness (QED) is 0.660. The normalized spacial score (nSPS) is 11.7. The van der Waals surface area contributed by atoms with E-state index >= 15 is 0 Å². The number of aryl methyl sites for hydroxylation is 1. The molecule has 3 rings (SSSR count). The van der Waals surface area contributed by atoms with Crippen molar-refractivity contribution in [3.63, 3.8) is 0 Å². The second-order valence-electron chi connectivity index (χ2n) is 5.96. The van der Waals surface area contributed by atoms with Crippen LogP contribution in [0.2, 0.25) is 0 Å². The number of rotatable bonds is 4. The maximum atomic E-state index is 13.6. The van der Waals surface area contributed by atoms with Crippen LogP contribution >= 0.6 is 0 Å². The Hall–Kier alpha value is -3.75. The molecule has 144 valence electrons. The minimum absolute atomic E-state index is 0.0272. The van der Waals surface area contributed by atoms with Gasteiger partial charge in [-0.3, -0.25) is 25.2 Å². The summed E-state index contributed by atoms with van der Waals surface area (Å²) in [5.74, 6) is -2.08. The molecule has 0 bridgehead atoms. The first-order valence-electron chi connectivity index (χ1n) is 8.36. The molecule has 0 saturated heterocycles. The lowest BCUT2D eigenvalue weighted by Gasteiger charge is -2.15. The Balaban J connectivity index is 1.71. The van der Waals surface area contributed by atoms with E-state index in [0.717, 1.165) is 4.68 Å². The zero-order chi connectivity index (χ0) is 20.3. The fourth-order valence-corrected chi connectivity index (χ4v) is 2.53. The molecule has 0 aliphatic carbocycles. The number of para-hydroxylation sites is 1. The van der Waals surface area contributed by atoms with Gasteiger partial charge in [0, 0.05) is 12.4 Å². The van der Waals surface area contributed by atoms with Crippen molar-refractivity contribution in [2.24, 2.45) is 7.05 Å². The van der Waals surface area contributed by atoms with E-state index in [1.54, 1.807) is 30.3 Å². The summed E-state index contributed by atoms with van der Waals surface area (Å²) < 4.78 is 19.9. The summed E-state index contributed by atoms with van der Waals surface area (Å²) in [5, 5.41) is 4.64. The molecule has 0 saturated carbocycles. The summed E-state index contributed by atoms with van der Waals surface area (Å²) in [6.07, 6.45) is -1.07. The lowest BCUT2D eigenvalue weighted by molar-refractivity contribution is -0.128. The van der Waals surface area contributed by atoms with Crippen LogP contribution in [0.3, 0.4) is 0 Å². The van der Waals surface area contributed by atoms with Crippen molar-refractivity contribution in [1.82, 2.24) is 20.6 Å². The Kier molecular flexibility index (Phi) is 5.35. The van der Waals surface area contributed by atoms with Crippen LogP contribution < -0.4 is 21.1 Å². The molecule has 3 aromatic rings. The van der Waals surface area contributed by atoms with Gasteiger partial charge in [0.15, 0.2) is 23.4 Å². The maximum absolute atomic E-state index is 13.6. The molecule has 2 aromatic carbocycles. The Labute approximate surface area is 158 Å². The van der Waals surface area contributed by atoms with E-state index in [2.05, 4.69) is 16.0 Å². The molecule has 1 atom stereocenters. The van der Waals surface area contributed by atoms with E-state index in [0.29, 0.717) is 10.8 Å². The van der Waals surface area contributed by atoms with Gasteiger partial charge in [-0.1, -0.05) is 30.3 Å². The molecule has 8 nitrogen and oxygen atoms in total. The number of ether oxygens (including phenoxy) is 1. The second-order valence-corrected chi connectivity index (χ2v) is 5.96. The van der Waals surface area contributed by atoms with Gasteiger partial charge in [0.2, 0.25) is 0 Å². The monoisotopic (exact) mass is 384 g/mol. The van der Waals surface area contributed by atoms with Gasteiger partial charge in [0.1, 0.15) is 0 Å². The van der Waals surface area contributed by atoms with Gasteiger partial charge in [0.05, 0.1) is 5.39 Å². The number of hydrazine groups is 1. The van der Waals surface area contributed by atoms with Crippen molar-refractivity contribution in [2.75, 3.05) is 0 Å². The number of nitrogens with zero attached hydrogens (tertiary/aromatic N) is 2. The van der Waals surface area contributed by atoms with E-state index in [-0.39, 0.29) is 17.0 Å². The number of carbonyl (C=O) groups is 2. The lowest BCUT2D eigenvalue weighted by atomic mass is 10.1. The van der Waals surface area contributed by atoms with Crippen LogP contribution in [0.4, 0.5) is 4.39 Å². The zero-order valence-electron chi connectivity index (χ0n) is 15.1. The van der Waals surface area contributed by atoms with Crippen LogP contribution in [0, 0.1) is 5.82 Å². The van der Waals surface area contributed by atoms with E-state index < -0.39 is 23.7 Å². The number of benzene rings is 2. The first-order valence-corrected chi connectivity index (χ1v) is 8.36. The maximum Gasteiger partial charge on any atom is 0.290 e. The Morgan fingerprint density at radius 2 is 1.71 bits per heavy atom. The molecule has 2 N–H and O–H groups in total. The summed E-state index contributed by atoms with van der Waals surface area (Å²) in [7, 11) is 1.43. The molecule has 2 amide bonds. The van der Waals surface area contributed by atoms with Crippen molar-refractivity contribution < 1.29 is 18.7 Å². The zero-order valence-corrected chi connectivity index (χ0v) is 15.1. The average molecular weight is 384 g/mol. The molecule has 0 spiro atoms. The third kappa shape index (κ3) is 3.83. The molecule has 1 heterocycles. The van der Waals surface area contributed by atoms with Gasteiger partial charge >= 0.3 is 0 Å². The summed E-state index contributed by atoms with van der Waals surface area (Å²) >= 11 is 0. The van der Waals surface area contributed by atoms with Crippen LogP contribution in [0.1, 0.15) is 17.4 Å². The van der Waals surface area contributed by atoms with Crippen LogP contribution in [0.5, 0.6) is 5.75 Å². The summed E-state index contributed by atoms with van der Waals surface area (Å²) in [5.41, 5.74) is 4.06. The molecule has 1 aromatic heterocycles. The molecule has 0 aliphatic heterocycles. The Morgan fingerprint density at radius 1 is 1.07 bits per heavy atom. The topological polar surface area (TPSA) is 102 Å². The molecule has 0 fully saturated rings. The highest BCUT2D eigenvalue weighted by molar-refractivity contribution is 6.05. The van der Waals surface area contributed by atoms with E-state index in [9.17, 15) is 18.8 Å². The first kappa shape index (κ1) is 19.0. The highest BCUT2D eigenvalue weighted by Gasteiger charge is 2.19. The van der Waals surface area contributed by atoms with E-state index in [4.69, 9.17) is 4.74 Å². The molecule has 0 aliphatic rings. The van der Waals surface area contributed by atoms with Crippen molar-refractivity contribution in [3.8, 4) is 5.75 Å². The highest BCUT2D eigenvalue weighted by atomic mass is 19.1. The highest BCUT2D eigenvalue weighted by Crippen LogP contribution is 2.17. The fraction of sp³-hybridized carbons (Fsp3) is 0.158. The minimum atomic E-state index is -1.07. The predicted octanol–water partition coefficient (Wildman–Crippen LogP) is 1.30. The van der Waals surface area contributed by atoms with Gasteiger partial charge in [-0.05, 0) is 25.1 Å². The van der Waals surface area contributed by atoms with Gasteiger partial charge in [0.25, 0.3) is 17.4 Å². The molecular weight excluding hydrogens is 367 g/mol. The summed E-state index contributed by atoms with van der Waals surface area (Å²) in [4.78, 5) is 36.7. The van der Waals surface area contributed by atoms with Crippen LogP contribution in [-0.2, 0) is 11.8 Å². The number of carbonyl (C=O) groups excluding carboxylic acids is 2. The Morgan fingerprint density at radius 3 is 2.43 bits per heavy atom. The van der Waals surface area contributed by atoms with Crippen LogP contribution in [0.25, 0.3) is 10.8 Å². The number of amides is 2. The standard InChI is InChI=1S/C19H17FN4O4/c1-11(28-15-10-6-5-9-14(15)20)17(25)21-22-18(26)16-12-7-3-4-8-13(12)19(27)24(2)23-16/h3-11H,1-2H3,(H,21,25)(H,22,26). The van der Waals surface area contributed by atoms with Crippen molar-refractivity contribution >= 4 is 22.6 Å². The summed E-state index contributed by atoms with van der Waals surface area (Å²) in [6, 6.07) is 12.2. The molecular formula is C19H17FN4O4. The fourth-order valence-electron chi connectivity index (χ4n) is 2.53. The lowest BCUT2D eigenvalue weighted by Crippen LogP contribution is -2.47. The van der Waals surface area contributed by atoms with Crippen LogP contribution in [0.15, 0.2) is 53.3 Å². The average Bonchev–Trinajstić information content (AvgIpc) is 2.70. The molecule has 28 heavy (non-hydrogen) atoms. The number of hydrogen-bond acceptors (Lipinski definition) is 5. The third-order valence-corrected chi connectivity index (χ3v) is 3.98. The SMILES string of the molecule is CC(Oc1ccccc1F)C(=O)NNC(=O)c1nn(C)c(=O)c2ccccc12. The number of aromatic nitrogens is 2. The number of halogens is 1. The molecule has 9 heteroatoms. The first-order chi connectivity index (χ1) is 13.4. The number of hydrogen-bond donors (Lipinski definition) is 2. The molecule has 0 radical (unpaired) electrons. The van der Waals surface area contributed by atoms with Gasteiger partial charge in [-0.15, -0.1) is 0 Å². The Bertz CT molecular complexity index is 1110. The number of nitrogens with one attached hydrogen (secondary N) is 2. The molecule has 1 unspecified atom stereocenters. The van der Waals surface area contributed by atoms with Gasteiger partial charge in [-0.2, -0.15) is 5.10 Å². The van der Waals surface area contributed by atoms with Crippen LogP contribution in [-0.4, -0.2) is 27.7 Å². The van der Waals surface area contributed by atoms with Crippen molar-refractivity contribution in [2.45, 2.75) is 13.0 Å². The summed E-state index contributed by atoms with van der Waals surface area (Å²) in [6.45, 7) is 1.41. The third-order valence-electron chi connectivity index (χ3n) is 3.98. The second kappa shape index (κ2) is 7.87. The van der Waals surface area contributed by atoms with Crippen molar-refractivity contribution in [1.29, 1.82) is 0 Å².